The highest BCUT2D eigenvalue weighted by atomic mass is 79.9. The average molecular weight is 485 g/mol. The molecule has 0 bridgehead atoms. The van der Waals surface area contributed by atoms with Gasteiger partial charge in [0, 0.05) is 16.5 Å². The van der Waals surface area contributed by atoms with E-state index in [-0.39, 0.29) is 22.8 Å². The van der Waals surface area contributed by atoms with Crippen molar-refractivity contribution in [1.29, 1.82) is 0 Å². The van der Waals surface area contributed by atoms with Gasteiger partial charge in [0.15, 0.2) is 6.54 Å². The van der Waals surface area contributed by atoms with E-state index in [1.165, 1.54) is 18.6 Å². The van der Waals surface area contributed by atoms with Gasteiger partial charge >= 0.3 is 0 Å². The fourth-order valence-corrected chi connectivity index (χ4v) is 4.18. The van der Waals surface area contributed by atoms with Crippen LogP contribution in [0.1, 0.15) is 31.2 Å². The molecule has 2 aliphatic rings. The second-order valence-corrected chi connectivity index (χ2v) is 7.70. The number of anilines is 1. The van der Waals surface area contributed by atoms with Gasteiger partial charge in [-0.1, -0.05) is 15.9 Å². The molecule has 0 saturated heterocycles. The molecule has 3 nitrogen and oxygen atoms in total. The topological polar surface area (TPSA) is 26.5 Å². The van der Waals surface area contributed by atoms with E-state index in [1.54, 1.807) is 12.1 Å². The van der Waals surface area contributed by atoms with Crippen LogP contribution in [-0.2, 0) is 5.72 Å². The third kappa shape index (κ3) is 3.47. The van der Waals surface area contributed by atoms with Crippen molar-refractivity contribution in [1.82, 2.24) is 0 Å². The van der Waals surface area contributed by atoms with E-state index in [1.807, 2.05) is 29.2 Å². The molecule has 2 aromatic rings. The van der Waals surface area contributed by atoms with Gasteiger partial charge in [-0.05, 0) is 67.8 Å². The van der Waals surface area contributed by atoms with Crippen LogP contribution in [0.2, 0.25) is 0 Å². The molecular formula is C20H22Br2FN2O+. The van der Waals surface area contributed by atoms with Crippen molar-refractivity contribution >= 4 is 44.4 Å². The summed E-state index contributed by atoms with van der Waals surface area (Å²) in [6.45, 7) is 1.45. The summed E-state index contributed by atoms with van der Waals surface area (Å²) in [5.74, 6) is 0.870. The quantitative estimate of drug-likeness (QED) is 0.618. The summed E-state index contributed by atoms with van der Waals surface area (Å²) in [7, 11) is 0. The molecule has 0 amide bonds. The summed E-state index contributed by atoms with van der Waals surface area (Å²) in [6.07, 6.45) is 4.41. The summed E-state index contributed by atoms with van der Waals surface area (Å²) >= 11 is 3.48. The lowest BCUT2D eigenvalue weighted by atomic mass is 10.00. The van der Waals surface area contributed by atoms with E-state index in [0.29, 0.717) is 6.54 Å². The van der Waals surface area contributed by atoms with Gasteiger partial charge in [0.25, 0.3) is 11.6 Å². The number of rotatable bonds is 2. The second kappa shape index (κ2) is 7.79. The highest BCUT2D eigenvalue weighted by molar-refractivity contribution is 9.10. The minimum Gasteiger partial charge on any atom is -0.346 e. The van der Waals surface area contributed by atoms with E-state index >= 15 is 0 Å². The van der Waals surface area contributed by atoms with E-state index in [2.05, 4.69) is 20.5 Å². The van der Waals surface area contributed by atoms with Crippen LogP contribution in [0.25, 0.3) is 0 Å². The molecule has 6 heteroatoms. The lowest BCUT2D eigenvalue weighted by molar-refractivity contribution is -0.534. The normalized spacial score (nSPS) is 22.7. The maximum atomic E-state index is 13.4. The number of halogens is 3. The van der Waals surface area contributed by atoms with Gasteiger partial charge in [0.05, 0.1) is 6.54 Å². The Kier molecular flexibility index (Phi) is 5.85. The first-order chi connectivity index (χ1) is 12.1. The number of aliphatic hydroxyl groups is 1. The van der Waals surface area contributed by atoms with Gasteiger partial charge in [0.1, 0.15) is 11.5 Å². The predicted octanol–water partition coefficient (Wildman–Crippen LogP) is 4.82. The molecule has 1 atom stereocenters. The monoisotopic (exact) mass is 483 g/mol. The highest BCUT2D eigenvalue weighted by Crippen LogP contribution is 2.38. The van der Waals surface area contributed by atoms with E-state index < -0.39 is 5.72 Å². The zero-order valence-corrected chi connectivity index (χ0v) is 17.7. The zero-order valence-electron chi connectivity index (χ0n) is 14.4. The van der Waals surface area contributed by atoms with Crippen LogP contribution in [0, 0.1) is 5.82 Å². The molecule has 1 unspecified atom stereocenters. The Hall–Kier alpha value is -1.24. The number of amidine groups is 1. The Balaban J connectivity index is 0.00000196. The summed E-state index contributed by atoms with van der Waals surface area (Å²) < 4.78 is 16.7. The van der Waals surface area contributed by atoms with Crippen LogP contribution in [0.4, 0.5) is 10.1 Å². The molecule has 4 rings (SSSR count). The Morgan fingerprint density at radius 3 is 2.38 bits per heavy atom. The fraction of sp³-hybridized carbons (Fsp3) is 0.350. The van der Waals surface area contributed by atoms with Crippen molar-refractivity contribution in [2.75, 3.05) is 18.0 Å². The van der Waals surface area contributed by atoms with Crippen LogP contribution in [0.15, 0.2) is 53.0 Å². The maximum Gasteiger partial charge on any atom is 0.275 e. The fourth-order valence-electron chi connectivity index (χ4n) is 3.91. The van der Waals surface area contributed by atoms with Gasteiger partial charge in [-0.15, -0.1) is 17.0 Å². The molecule has 1 N–H and O–H groups in total. The standard InChI is InChI=1S/C20H21BrFN2O.BrH/c21-16-7-11-18(12-8-16)24-19-4-2-1-3-13-23(19)14-20(24,25)15-5-9-17(22)10-6-15;/h5-12,25H,1-4,13-14H2;1H/q+1;. The predicted molar refractivity (Wildman–Crippen MR) is 111 cm³/mol. The van der Waals surface area contributed by atoms with Crippen LogP contribution < -0.4 is 4.90 Å². The van der Waals surface area contributed by atoms with E-state index in [4.69, 9.17) is 0 Å². The third-order valence-electron chi connectivity index (χ3n) is 5.12. The summed E-state index contributed by atoms with van der Waals surface area (Å²) in [6, 6.07) is 14.2. The first kappa shape index (κ1) is 19.5. The molecule has 0 aliphatic carbocycles. The van der Waals surface area contributed by atoms with Crippen molar-refractivity contribution in [2.24, 2.45) is 0 Å². The zero-order chi connectivity index (χ0) is 17.4. The Labute approximate surface area is 172 Å². The van der Waals surface area contributed by atoms with Gasteiger partial charge in [0.2, 0.25) is 0 Å². The summed E-state index contributed by atoms with van der Waals surface area (Å²) in [5.41, 5.74) is 0.487. The Morgan fingerprint density at radius 2 is 1.69 bits per heavy atom. The van der Waals surface area contributed by atoms with Crippen molar-refractivity contribution in [3.05, 3.63) is 64.4 Å². The van der Waals surface area contributed by atoms with Crippen molar-refractivity contribution in [2.45, 2.75) is 31.4 Å². The van der Waals surface area contributed by atoms with Gasteiger partial charge in [-0.2, -0.15) is 4.90 Å². The third-order valence-corrected chi connectivity index (χ3v) is 5.65. The molecule has 0 saturated carbocycles. The Bertz CT molecular complexity index is 808. The SMILES string of the molecule is Br.OC1(c2ccc(F)cc2)C[N+]2=C(CCCCC2)N1c1ccc(Br)cc1. The molecule has 2 aliphatic heterocycles. The first-order valence-corrected chi connectivity index (χ1v) is 9.52. The highest BCUT2D eigenvalue weighted by Gasteiger charge is 2.53. The minimum atomic E-state index is -1.19. The minimum absolute atomic E-state index is 0. The van der Waals surface area contributed by atoms with Crippen LogP contribution in [0.3, 0.4) is 0 Å². The molecular weight excluding hydrogens is 463 g/mol. The van der Waals surface area contributed by atoms with Crippen molar-refractivity contribution < 1.29 is 14.1 Å². The van der Waals surface area contributed by atoms with Crippen LogP contribution in [0.5, 0.6) is 0 Å². The lowest BCUT2D eigenvalue weighted by Crippen LogP contribution is -2.47. The largest absolute Gasteiger partial charge is 0.346 e. The van der Waals surface area contributed by atoms with Crippen LogP contribution >= 0.6 is 32.9 Å². The number of hydrogen-bond acceptors (Lipinski definition) is 2. The average Bonchev–Trinajstić information content (AvgIpc) is 2.74. The summed E-state index contributed by atoms with van der Waals surface area (Å²) in [5, 5.41) is 11.7. The molecule has 2 aromatic carbocycles. The number of nitrogens with zero attached hydrogens (tertiary/aromatic N) is 2. The maximum absolute atomic E-state index is 13.4. The molecule has 26 heavy (non-hydrogen) atoms. The second-order valence-electron chi connectivity index (χ2n) is 6.78. The van der Waals surface area contributed by atoms with E-state index in [9.17, 15) is 9.50 Å². The molecule has 0 spiro atoms. The number of benzene rings is 2. The van der Waals surface area contributed by atoms with Crippen LogP contribution in [-0.4, -0.2) is 28.6 Å². The number of hydrogen-bond donors (Lipinski definition) is 1. The molecule has 0 fully saturated rings. The molecule has 0 radical (unpaired) electrons. The molecule has 138 valence electrons. The van der Waals surface area contributed by atoms with Crippen molar-refractivity contribution in [3.63, 3.8) is 0 Å². The lowest BCUT2D eigenvalue weighted by Gasteiger charge is -2.29. The van der Waals surface area contributed by atoms with Crippen molar-refractivity contribution in [3.8, 4) is 0 Å². The molecule has 2 heterocycles. The van der Waals surface area contributed by atoms with E-state index in [0.717, 1.165) is 47.4 Å². The smallest absolute Gasteiger partial charge is 0.275 e. The summed E-state index contributed by atoms with van der Waals surface area (Å²) in [4.78, 5) is 2.04. The van der Waals surface area contributed by atoms with Gasteiger partial charge in [-0.3, -0.25) is 4.58 Å². The first-order valence-electron chi connectivity index (χ1n) is 8.73. The molecule has 0 aromatic heterocycles. The van der Waals surface area contributed by atoms with Gasteiger partial charge in [-0.25, -0.2) is 4.39 Å². The Morgan fingerprint density at radius 1 is 1.00 bits per heavy atom. The van der Waals surface area contributed by atoms with Gasteiger partial charge < -0.3 is 5.11 Å².